The van der Waals surface area contributed by atoms with Crippen molar-refractivity contribution in [3.8, 4) is 0 Å². The maximum Gasteiger partial charge on any atom is 0.198 e. The number of aryl methyl sites for hydroxylation is 1. The van der Waals surface area contributed by atoms with Gasteiger partial charge in [-0.15, -0.1) is 0 Å². The Balaban J connectivity index is 2.29. The molecule has 106 valence electrons. The van der Waals surface area contributed by atoms with Crippen LogP contribution in [0.4, 0.5) is 0 Å². The number of Topliss-reactive ketones (excluding diaryl/α,β-unsaturated/α-hetero) is 1. The summed E-state index contributed by atoms with van der Waals surface area (Å²) < 4.78 is 0. The lowest BCUT2D eigenvalue weighted by molar-refractivity contribution is 0.105. The first kappa shape index (κ1) is 13.6. The van der Waals surface area contributed by atoms with E-state index >= 15 is 0 Å². The number of hydrogen-bond donors (Lipinski definition) is 1. The van der Waals surface area contributed by atoms with Gasteiger partial charge in [-0.1, -0.05) is 30.3 Å². The molecule has 0 spiro atoms. The minimum atomic E-state index is -0.0890. The molecule has 2 aromatic carbocycles. The van der Waals surface area contributed by atoms with Crippen molar-refractivity contribution in [2.24, 2.45) is 0 Å². The summed E-state index contributed by atoms with van der Waals surface area (Å²) in [7, 11) is 0. The lowest BCUT2D eigenvalue weighted by atomic mass is 9.89. The van der Waals surface area contributed by atoms with Crippen LogP contribution in [0.3, 0.4) is 0 Å². The Bertz CT molecular complexity index is 811. The molecule has 2 nitrogen and oxygen atoms in total. The molecule has 1 N–H and O–H groups in total. The van der Waals surface area contributed by atoms with E-state index in [1.807, 2.05) is 32.0 Å². The standard InChI is InChI=1S/C19H18O2/c1-10-9-16(13(4)12(3)11(10)2)17-18(20)14-7-5-6-8-15(14)19(17)21/h5-9,20H,1-4H3. The summed E-state index contributed by atoms with van der Waals surface area (Å²) in [5.41, 5.74) is 7.09. The Labute approximate surface area is 124 Å². The Morgan fingerprint density at radius 1 is 0.810 bits per heavy atom. The van der Waals surface area contributed by atoms with Crippen LogP contribution in [-0.4, -0.2) is 10.9 Å². The van der Waals surface area contributed by atoms with Crippen LogP contribution in [0.1, 0.15) is 43.7 Å². The zero-order valence-electron chi connectivity index (χ0n) is 12.7. The molecule has 0 atom stereocenters. The van der Waals surface area contributed by atoms with Crippen molar-refractivity contribution >= 4 is 17.1 Å². The van der Waals surface area contributed by atoms with Crippen LogP contribution < -0.4 is 0 Å². The highest BCUT2D eigenvalue weighted by molar-refractivity contribution is 6.39. The molecular formula is C19H18O2. The second kappa shape index (κ2) is 4.59. The van der Waals surface area contributed by atoms with Crippen LogP contribution in [0.25, 0.3) is 11.3 Å². The molecule has 2 aromatic rings. The van der Waals surface area contributed by atoms with Gasteiger partial charge in [0.2, 0.25) is 0 Å². The first-order chi connectivity index (χ1) is 9.93. The number of rotatable bonds is 1. The van der Waals surface area contributed by atoms with Crippen LogP contribution >= 0.6 is 0 Å². The maximum atomic E-state index is 12.6. The molecule has 3 rings (SSSR count). The summed E-state index contributed by atoms with van der Waals surface area (Å²) in [6.07, 6.45) is 0. The van der Waals surface area contributed by atoms with Crippen molar-refractivity contribution < 1.29 is 9.90 Å². The van der Waals surface area contributed by atoms with Gasteiger partial charge in [-0.05, 0) is 55.5 Å². The molecular weight excluding hydrogens is 260 g/mol. The molecule has 0 radical (unpaired) electrons. The van der Waals surface area contributed by atoms with Crippen molar-refractivity contribution in [3.05, 3.63) is 69.3 Å². The Morgan fingerprint density at radius 2 is 1.43 bits per heavy atom. The monoisotopic (exact) mass is 278 g/mol. The number of aliphatic hydroxyl groups excluding tert-OH is 1. The Morgan fingerprint density at radius 3 is 2.05 bits per heavy atom. The molecule has 0 amide bonds. The lowest BCUT2D eigenvalue weighted by Crippen LogP contribution is -2.03. The lowest BCUT2D eigenvalue weighted by Gasteiger charge is -2.14. The van der Waals surface area contributed by atoms with E-state index in [9.17, 15) is 9.90 Å². The van der Waals surface area contributed by atoms with Gasteiger partial charge in [-0.25, -0.2) is 0 Å². The number of fused-ring (bicyclic) bond motifs is 1. The minimum Gasteiger partial charge on any atom is -0.507 e. The van der Waals surface area contributed by atoms with E-state index < -0.39 is 0 Å². The number of allylic oxidation sites excluding steroid dienone is 1. The number of hydrogen-bond acceptors (Lipinski definition) is 2. The molecule has 0 fully saturated rings. The molecule has 0 heterocycles. The fourth-order valence-electron chi connectivity index (χ4n) is 2.99. The highest BCUT2D eigenvalue weighted by atomic mass is 16.3. The number of carbonyl (C=O) groups is 1. The number of carbonyl (C=O) groups excluding carboxylic acids is 1. The van der Waals surface area contributed by atoms with E-state index in [4.69, 9.17) is 0 Å². The average Bonchev–Trinajstić information content (AvgIpc) is 2.73. The van der Waals surface area contributed by atoms with Crippen LogP contribution in [-0.2, 0) is 0 Å². The van der Waals surface area contributed by atoms with Gasteiger partial charge in [0.25, 0.3) is 0 Å². The summed E-state index contributed by atoms with van der Waals surface area (Å²) in [5.74, 6) is 0.00945. The molecule has 0 saturated carbocycles. The fourth-order valence-corrected chi connectivity index (χ4v) is 2.99. The Kier molecular flexibility index (Phi) is 2.98. The summed E-state index contributed by atoms with van der Waals surface area (Å²) in [5, 5.41) is 10.5. The number of ketones is 1. The van der Waals surface area contributed by atoms with Crippen molar-refractivity contribution in [3.63, 3.8) is 0 Å². The zero-order valence-corrected chi connectivity index (χ0v) is 12.7. The predicted octanol–water partition coefficient (Wildman–Crippen LogP) is 4.54. The van der Waals surface area contributed by atoms with E-state index in [2.05, 4.69) is 13.8 Å². The van der Waals surface area contributed by atoms with Gasteiger partial charge in [0.05, 0.1) is 5.57 Å². The second-order valence-corrected chi connectivity index (χ2v) is 5.71. The van der Waals surface area contributed by atoms with Crippen LogP contribution in [0, 0.1) is 27.7 Å². The first-order valence-corrected chi connectivity index (χ1v) is 7.08. The first-order valence-electron chi connectivity index (χ1n) is 7.08. The normalized spacial score (nSPS) is 13.8. The summed E-state index contributed by atoms with van der Waals surface area (Å²) >= 11 is 0. The zero-order chi connectivity index (χ0) is 15.3. The van der Waals surface area contributed by atoms with Gasteiger partial charge >= 0.3 is 0 Å². The number of aliphatic hydroxyl groups is 1. The van der Waals surface area contributed by atoms with Crippen LogP contribution in [0.5, 0.6) is 0 Å². The van der Waals surface area contributed by atoms with Crippen molar-refractivity contribution in [1.29, 1.82) is 0 Å². The van der Waals surface area contributed by atoms with Gasteiger partial charge < -0.3 is 5.11 Å². The molecule has 1 aliphatic carbocycles. The van der Waals surface area contributed by atoms with Crippen LogP contribution in [0.2, 0.25) is 0 Å². The minimum absolute atomic E-state index is 0.0890. The predicted molar refractivity (Wildman–Crippen MR) is 85.6 cm³/mol. The highest BCUT2D eigenvalue weighted by Crippen LogP contribution is 2.39. The molecule has 0 saturated heterocycles. The van der Waals surface area contributed by atoms with Gasteiger partial charge in [-0.3, -0.25) is 4.79 Å². The SMILES string of the molecule is Cc1cc(C2=C(O)c3ccccc3C2=O)c(C)c(C)c1C. The van der Waals surface area contributed by atoms with Crippen molar-refractivity contribution in [2.45, 2.75) is 27.7 Å². The third-order valence-corrected chi connectivity index (χ3v) is 4.64. The molecule has 0 unspecified atom stereocenters. The van der Waals surface area contributed by atoms with Crippen molar-refractivity contribution in [1.82, 2.24) is 0 Å². The van der Waals surface area contributed by atoms with E-state index in [1.165, 1.54) is 11.1 Å². The highest BCUT2D eigenvalue weighted by Gasteiger charge is 2.31. The smallest absolute Gasteiger partial charge is 0.198 e. The fraction of sp³-hybridized carbons (Fsp3) is 0.211. The van der Waals surface area contributed by atoms with E-state index in [0.717, 1.165) is 16.7 Å². The molecule has 0 aromatic heterocycles. The van der Waals surface area contributed by atoms with Gasteiger partial charge in [0.1, 0.15) is 5.76 Å². The van der Waals surface area contributed by atoms with Crippen LogP contribution in [0.15, 0.2) is 30.3 Å². The van der Waals surface area contributed by atoms with Gasteiger partial charge in [-0.2, -0.15) is 0 Å². The van der Waals surface area contributed by atoms with E-state index in [1.54, 1.807) is 12.1 Å². The third kappa shape index (κ3) is 1.83. The maximum absolute atomic E-state index is 12.6. The van der Waals surface area contributed by atoms with E-state index in [0.29, 0.717) is 16.7 Å². The van der Waals surface area contributed by atoms with E-state index in [-0.39, 0.29) is 11.5 Å². The molecule has 2 heteroatoms. The summed E-state index contributed by atoms with van der Waals surface area (Å²) in [6, 6.07) is 9.23. The third-order valence-electron chi connectivity index (χ3n) is 4.64. The second-order valence-electron chi connectivity index (χ2n) is 5.71. The van der Waals surface area contributed by atoms with Gasteiger partial charge in [0.15, 0.2) is 5.78 Å². The Hall–Kier alpha value is -2.35. The largest absolute Gasteiger partial charge is 0.507 e. The summed E-state index contributed by atoms with van der Waals surface area (Å²) in [6.45, 7) is 8.19. The van der Waals surface area contributed by atoms with Gasteiger partial charge in [0, 0.05) is 11.1 Å². The molecule has 21 heavy (non-hydrogen) atoms. The molecule has 0 aliphatic heterocycles. The number of benzene rings is 2. The molecule has 1 aliphatic rings. The quantitative estimate of drug-likeness (QED) is 0.831. The summed E-state index contributed by atoms with van der Waals surface area (Å²) in [4.78, 5) is 12.6. The molecule has 0 bridgehead atoms. The topological polar surface area (TPSA) is 37.3 Å². The average molecular weight is 278 g/mol. The van der Waals surface area contributed by atoms with Crippen molar-refractivity contribution in [2.75, 3.05) is 0 Å².